The second-order valence-electron chi connectivity index (χ2n) is 5.21. The topological polar surface area (TPSA) is 29.3 Å². The fourth-order valence-electron chi connectivity index (χ4n) is 2.33. The molecule has 0 aliphatic carbocycles. The first-order chi connectivity index (χ1) is 9.32. The van der Waals surface area contributed by atoms with Crippen LogP contribution in [0.1, 0.15) is 18.9 Å². The van der Waals surface area contributed by atoms with E-state index in [1.807, 2.05) is 6.92 Å². The summed E-state index contributed by atoms with van der Waals surface area (Å²) in [7, 11) is 0. The van der Waals surface area contributed by atoms with E-state index in [1.54, 1.807) is 4.90 Å². The van der Waals surface area contributed by atoms with E-state index >= 15 is 0 Å². The Morgan fingerprint density at radius 2 is 1.50 bits per heavy atom. The molecule has 2 atom stereocenters. The SMILES string of the molecule is CC1CCN(Cc2c(F)c(F)c(F)c(F)c2F)CC1N. The molecule has 0 aromatic heterocycles. The summed E-state index contributed by atoms with van der Waals surface area (Å²) in [6.07, 6.45) is 0.719. The zero-order valence-electron chi connectivity index (χ0n) is 10.9. The molecule has 0 radical (unpaired) electrons. The lowest BCUT2D eigenvalue weighted by Crippen LogP contribution is -2.47. The van der Waals surface area contributed by atoms with Crippen LogP contribution in [0, 0.1) is 35.0 Å². The van der Waals surface area contributed by atoms with E-state index < -0.39 is 34.6 Å². The van der Waals surface area contributed by atoms with Crippen LogP contribution in [0.4, 0.5) is 22.0 Å². The molecule has 0 amide bonds. The Labute approximate surface area is 113 Å². The Morgan fingerprint density at radius 1 is 1.00 bits per heavy atom. The van der Waals surface area contributed by atoms with Gasteiger partial charge in [-0.2, -0.15) is 0 Å². The minimum atomic E-state index is -2.13. The summed E-state index contributed by atoms with van der Waals surface area (Å²) in [5, 5.41) is 0. The second kappa shape index (κ2) is 5.65. The van der Waals surface area contributed by atoms with Crippen molar-refractivity contribution in [3.63, 3.8) is 0 Å². The van der Waals surface area contributed by atoms with Crippen molar-refractivity contribution in [2.45, 2.75) is 25.9 Å². The summed E-state index contributed by atoms with van der Waals surface area (Å²) in [6.45, 7) is 2.49. The van der Waals surface area contributed by atoms with E-state index in [0.717, 1.165) is 6.42 Å². The molecule has 0 spiro atoms. The highest BCUT2D eigenvalue weighted by Crippen LogP contribution is 2.25. The highest BCUT2D eigenvalue weighted by Gasteiger charge is 2.29. The molecule has 1 aliphatic rings. The van der Waals surface area contributed by atoms with Crippen molar-refractivity contribution in [3.05, 3.63) is 34.6 Å². The Hall–Kier alpha value is -1.21. The van der Waals surface area contributed by atoms with Gasteiger partial charge in [0.25, 0.3) is 0 Å². The number of hydrogen-bond acceptors (Lipinski definition) is 2. The van der Waals surface area contributed by atoms with Gasteiger partial charge in [0.05, 0.1) is 0 Å². The number of benzene rings is 1. The van der Waals surface area contributed by atoms with Crippen molar-refractivity contribution in [3.8, 4) is 0 Å². The van der Waals surface area contributed by atoms with E-state index in [4.69, 9.17) is 5.73 Å². The third-order valence-electron chi connectivity index (χ3n) is 3.78. The fourth-order valence-corrected chi connectivity index (χ4v) is 2.33. The van der Waals surface area contributed by atoms with E-state index in [2.05, 4.69) is 0 Å². The molecule has 2 nitrogen and oxygen atoms in total. The highest BCUT2D eigenvalue weighted by atomic mass is 19.2. The number of halogens is 5. The van der Waals surface area contributed by atoms with Gasteiger partial charge in [0, 0.05) is 24.7 Å². The van der Waals surface area contributed by atoms with Gasteiger partial charge in [0.2, 0.25) is 5.82 Å². The summed E-state index contributed by atoms with van der Waals surface area (Å²) >= 11 is 0. The molecule has 1 heterocycles. The number of rotatable bonds is 2. The van der Waals surface area contributed by atoms with Crippen molar-refractivity contribution in [1.29, 1.82) is 0 Å². The van der Waals surface area contributed by atoms with Crippen molar-refractivity contribution in [1.82, 2.24) is 4.90 Å². The molecule has 1 aromatic carbocycles. The zero-order chi connectivity index (χ0) is 15.0. The van der Waals surface area contributed by atoms with Gasteiger partial charge >= 0.3 is 0 Å². The van der Waals surface area contributed by atoms with Gasteiger partial charge in [0.15, 0.2) is 23.3 Å². The third kappa shape index (κ3) is 2.64. The Bertz CT molecular complexity index is 491. The van der Waals surface area contributed by atoms with E-state index in [9.17, 15) is 22.0 Å². The molecule has 2 unspecified atom stereocenters. The van der Waals surface area contributed by atoms with Crippen molar-refractivity contribution in [2.75, 3.05) is 13.1 Å². The lowest BCUT2D eigenvalue weighted by molar-refractivity contribution is 0.157. The zero-order valence-corrected chi connectivity index (χ0v) is 10.9. The molecule has 0 bridgehead atoms. The molecule has 2 rings (SSSR count). The monoisotopic (exact) mass is 294 g/mol. The van der Waals surface area contributed by atoms with Crippen LogP contribution in [0.5, 0.6) is 0 Å². The number of hydrogen-bond donors (Lipinski definition) is 1. The Morgan fingerprint density at radius 3 is 2.00 bits per heavy atom. The van der Waals surface area contributed by atoms with Gasteiger partial charge in [-0.1, -0.05) is 6.92 Å². The van der Waals surface area contributed by atoms with Gasteiger partial charge in [-0.25, -0.2) is 22.0 Å². The average molecular weight is 294 g/mol. The predicted molar refractivity (Wildman–Crippen MR) is 63.3 cm³/mol. The van der Waals surface area contributed by atoms with Gasteiger partial charge in [-0.3, -0.25) is 4.90 Å². The molecule has 1 aliphatic heterocycles. The second-order valence-corrected chi connectivity index (χ2v) is 5.21. The minimum Gasteiger partial charge on any atom is -0.326 e. The van der Waals surface area contributed by atoms with Crippen LogP contribution in [0.3, 0.4) is 0 Å². The molecular weight excluding hydrogens is 279 g/mol. The Kier molecular flexibility index (Phi) is 4.29. The standard InChI is InChI=1S/C13H15F5N2/c1-6-2-3-20(5-8(6)19)4-7-9(14)11(16)13(18)12(17)10(7)15/h6,8H,2-5,19H2,1H3. The van der Waals surface area contributed by atoms with Crippen LogP contribution < -0.4 is 5.73 Å². The number of piperidine rings is 1. The summed E-state index contributed by atoms with van der Waals surface area (Å²) in [6, 6.07) is -0.176. The lowest BCUT2D eigenvalue weighted by Gasteiger charge is -2.35. The van der Waals surface area contributed by atoms with Crippen molar-refractivity contribution >= 4 is 0 Å². The maximum Gasteiger partial charge on any atom is 0.200 e. The van der Waals surface area contributed by atoms with Crippen LogP contribution in [0.2, 0.25) is 0 Å². The summed E-state index contributed by atoms with van der Waals surface area (Å²) in [5.74, 6) is -9.22. The van der Waals surface area contributed by atoms with Crippen LogP contribution in [-0.4, -0.2) is 24.0 Å². The molecule has 1 fully saturated rings. The fraction of sp³-hybridized carbons (Fsp3) is 0.538. The molecule has 1 aromatic rings. The maximum absolute atomic E-state index is 13.6. The van der Waals surface area contributed by atoms with Crippen LogP contribution >= 0.6 is 0 Å². The van der Waals surface area contributed by atoms with Crippen LogP contribution in [0.15, 0.2) is 0 Å². The van der Waals surface area contributed by atoms with Crippen molar-refractivity contribution < 1.29 is 22.0 Å². The third-order valence-corrected chi connectivity index (χ3v) is 3.78. The number of nitrogens with zero attached hydrogens (tertiary/aromatic N) is 1. The first-order valence-corrected chi connectivity index (χ1v) is 6.31. The molecule has 112 valence electrons. The molecular formula is C13H15F5N2. The van der Waals surface area contributed by atoms with E-state index in [-0.39, 0.29) is 18.5 Å². The summed E-state index contributed by atoms with van der Waals surface area (Å²) in [5.41, 5.74) is 5.04. The van der Waals surface area contributed by atoms with Gasteiger partial charge in [-0.05, 0) is 18.9 Å². The first-order valence-electron chi connectivity index (χ1n) is 6.31. The van der Waals surface area contributed by atoms with Gasteiger partial charge in [-0.15, -0.1) is 0 Å². The summed E-state index contributed by atoms with van der Waals surface area (Å²) < 4.78 is 66.2. The van der Waals surface area contributed by atoms with Gasteiger partial charge in [0.1, 0.15) is 0 Å². The van der Waals surface area contributed by atoms with Crippen molar-refractivity contribution in [2.24, 2.45) is 11.7 Å². The first kappa shape index (κ1) is 15.2. The molecule has 0 saturated carbocycles. The van der Waals surface area contributed by atoms with E-state index in [1.165, 1.54) is 0 Å². The number of likely N-dealkylation sites (tertiary alicyclic amines) is 1. The molecule has 2 N–H and O–H groups in total. The van der Waals surface area contributed by atoms with E-state index in [0.29, 0.717) is 13.1 Å². The summed E-state index contributed by atoms with van der Waals surface area (Å²) in [4.78, 5) is 1.60. The molecule has 20 heavy (non-hydrogen) atoms. The lowest BCUT2D eigenvalue weighted by atomic mass is 9.94. The minimum absolute atomic E-state index is 0.176. The van der Waals surface area contributed by atoms with Crippen LogP contribution in [-0.2, 0) is 6.54 Å². The smallest absolute Gasteiger partial charge is 0.200 e. The largest absolute Gasteiger partial charge is 0.326 e. The number of nitrogens with two attached hydrogens (primary N) is 1. The Balaban J connectivity index is 2.26. The quantitative estimate of drug-likeness (QED) is 0.516. The van der Waals surface area contributed by atoms with Gasteiger partial charge < -0.3 is 5.73 Å². The predicted octanol–water partition coefficient (Wildman–Crippen LogP) is 2.55. The normalized spacial score (nSPS) is 24.1. The maximum atomic E-state index is 13.6. The average Bonchev–Trinajstić information content (AvgIpc) is 2.43. The highest BCUT2D eigenvalue weighted by molar-refractivity contribution is 5.24. The molecule has 7 heteroatoms. The van der Waals surface area contributed by atoms with Crippen LogP contribution in [0.25, 0.3) is 0 Å². The molecule has 1 saturated heterocycles.